The molecule has 17 heavy (non-hydrogen) atoms. The smallest absolute Gasteiger partial charge is 0.330 e. The molecule has 0 saturated heterocycles. The molecular formula is C14H19NO2. The Morgan fingerprint density at radius 2 is 2.06 bits per heavy atom. The second-order valence-corrected chi connectivity index (χ2v) is 4.14. The van der Waals surface area contributed by atoms with E-state index in [4.69, 9.17) is 10.5 Å². The van der Waals surface area contributed by atoms with E-state index >= 15 is 0 Å². The van der Waals surface area contributed by atoms with Crippen LogP contribution in [0, 0.1) is 5.92 Å². The molecule has 0 saturated carbocycles. The van der Waals surface area contributed by atoms with Crippen LogP contribution in [-0.4, -0.2) is 12.6 Å². The van der Waals surface area contributed by atoms with Crippen molar-refractivity contribution in [2.75, 3.05) is 12.3 Å². The Kier molecular flexibility index (Phi) is 5.27. The summed E-state index contributed by atoms with van der Waals surface area (Å²) in [6.07, 6.45) is 4.17. The van der Waals surface area contributed by atoms with Gasteiger partial charge in [0.15, 0.2) is 0 Å². The molecule has 2 N–H and O–H groups in total. The molecule has 0 spiro atoms. The molecule has 1 aromatic rings. The van der Waals surface area contributed by atoms with E-state index in [0.717, 1.165) is 12.0 Å². The second kappa shape index (κ2) is 6.74. The van der Waals surface area contributed by atoms with Gasteiger partial charge in [-0.25, -0.2) is 4.79 Å². The van der Waals surface area contributed by atoms with E-state index in [9.17, 15) is 4.79 Å². The minimum Gasteiger partial charge on any atom is -0.462 e. The number of ether oxygens (including phenoxy) is 1. The van der Waals surface area contributed by atoms with Gasteiger partial charge in [0.2, 0.25) is 0 Å². The molecule has 92 valence electrons. The minimum atomic E-state index is -0.304. The first-order chi connectivity index (χ1) is 8.11. The van der Waals surface area contributed by atoms with E-state index in [-0.39, 0.29) is 5.97 Å². The Bertz CT molecular complexity index is 382. The summed E-state index contributed by atoms with van der Waals surface area (Å²) in [4.78, 5) is 11.4. The average molecular weight is 233 g/mol. The molecule has 0 amide bonds. The third-order valence-corrected chi connectivity index (χ3v) is 2.56. The molecule has 0 bridgehead atoms. The lowest BCUT2D eigenvalue weighted by molar-refractivity contribution is -0.138. The van der Waals surface area contributed by atoms with Crippen molar-refractivity contribution in [3.8, 4) is 0 Å². The fourth-order valence-electron chi connectivity index (χ4n) is 1.16. The quantitative estimate of drug-likeness (QED) is 0.483. The molecule has 0 aliphatic rings. The Balaban J connectivity index is 2.42. The van der Waals surface area contributed by atoms with Crippen LogP contribution in [0.15, 0.2) is 30.3 Å². The maximum absolute atomic E-state index is 11.4. The van der Waals surface area contributed by atoms with Crippen molar-refractivity contribution in [3.63, 3.8) is 0 Å². The monoisotopic (exact) mass is 233 g/mol. The zero-order valence-electron chi connectivity index (χ0n) is 10.3. The fourth-order valence-corrected chi connectivity index (χ4v) is 1.16. The third kappa shape index (κ3) is 5.20. The van der Waals surface area contributed by atoms with Crippen LogP contribution in [0.2, 0.25) is 0 Å². The highest BCUT2D eigenvalue weighted by Gasteiger charge is 2.02. The Morgan fingerprint density at radius 1 is 1.41 bits per heavy atom. The Hall–Kier alpha value is -1.77. The second-order valence-electron chi connectivity index (χ2n) is 4.14. The van der Waals surface area contributed by atoms with Crippen molar-refractivity contribution in [1.82, 2.24) is 0 Å². The zero-order valence-corrected chi connectivity index (χ0v) is 10.3. The zero-order chi connectivity index (χ0) is 12.7. The summed E-state index contributed by atoms with van der Waals surface area (Å²) in [7, 11) is 0. The number of anilines is 1. The first kappa shape index (κ1) is 13.3. The average Bonchev–Trinajstić information content (AvgIpc) is 2.35. The molecule has 3 heteroatoms. The minimum absolute atomic E-state index is 0.304. The van der Waals surface area contributed by atoms with Crippen LogP contribution in [0.3, 0.4) is 0 Å². The summed E-state index contributed by atoms with van der Waals surface area (Å²) in [5.41, 5.74) is 7.20. The summed E-state index contributed by atoms with van der Waals surface area (Å²) in [5.74, 6) is 0.103. The van der Waals surface area contributed by atoms with Gasteiger partial charge < -0.3 is 10.5 Å². The van der Waals surface area contributed by atoms with Crippen molar-refractivity contribution in [3.05, 3.63) is 35.9 Å². The molecule has 1 rings (SSSR count). The highest BCUT2D eigenvalue weighted by atomic mass is 16.5. The predicted octanol–water partition coefficient (Wildman–Crippen LogP) is 2.87. The van der Waals surface area contributed by atoms with E-state index in [1.54, 1.807) is 18.2 Å². The Labute approximate surface area is 102 Å². The predicted molar refractivity (Wildman–Crippen MR) is 70.3 cm³/mol. The van der Waals surface area contributed by atoms with Gasteiger partial charge in [-0.3, -0.25) is 0 Å². The van der Waals surface area contributed by atoms with Crippen molar-refractivity contribution in [2.24, 2.45) is 5.92 Å². The number of hydrogen-bond acceptors (Lipinski definition) is 3. The van der Waals surface area contributed by atoms with Gasteiger partial charge in [0.1, 0.15) is 0 Å². The first-order valence-electron chi connectivity index (χ1n) is 5.82. The number of nitrogens with two attached hydrogens (primary N) is 1. The largest absolute Gasteiger partial charge is 0.462 e. The van der Waals surface area contributed by atoms with Crippen molar-refractivity contribution >= 4 is 17.7 Å². The van der Waals surface area contributed by atoms with Gasteiger partial charge >= 0.3 is 5.97 Å². The van der Waals surface area contributed by atoms with Crippen molar-refractivity contribution < 1.29 is 9.53 Å². The normalized spacial score (nSPS) is 12.6. The van der Waals surface area contributed by atoms with Crippen molar-refractivity contribution in [2.45, 2.75) is 20.3 Å². The van der Waals surface area contributed by atoms with Gasteiger partial charge in [0, 0.05) is 11.8 Å². The van der Waals surface area contributed by atoms with Gasteiger partial charge in [-0.15, -0.1) is 0 Å². The highest BCUT2D eigenvalue weighted by Crippen LogP contribution is 2.07. The van der Waals surface area contributed by atoms with E-state index in [1.807, 2.05) is 12.1 Å². The topological polar surface area (TPSA) is 52.3 Å². The molecule has 0 aliphatic heterocycles. The highest BCUT2D eigenvalue weighted by molar-refractivity contribution is 5.87. The van der Waals surface area contributed by atoms with E-state index in [1.165, 1.54) is 6.08 Å². The number of carbonyl (C=O) groups is 1. The summed E-state index contributed by atoms with van der Waals surface area (Å²) in [6.45, 7) is 4.60. The van der Waals surface area contributed by atoms with Gasteiger partial charge in [0.25, 0.3) is 0 Å². The van der Waals surface area contributed by atoms with Crippen LogP contribution in [0.25, 0.3) is 6.08 Å². The number of benzene rings is 1. The molecular weight excluding hydrogens is 214 g/mol. The number of carbonyl (C=O) groups excluding carboxylic acids is 1. The van der Waals surface area contributed by atoms with Crippen LogP contribution in [0.4, 0.5) is 5.69 Å². The SMILES string of the molecule is CC[C@@H](C)COC(=O)/C=C/c1ccc(N)cc1. The Morgan fingerprint density at radius 3 is 2.65 bits per heavy atom. The van der Waals surface area contributed by atoms with Crippen LogP contribution < -0.4 is 5.73 Å². The van der Waals surface area contributed by atoms with E-state index in [0.29, 0.717) is 18.2 Å². The molecule has 1 aromatic carbocycles. The maximum Gasteiger partial charge on any atom is 0.330 e. The van der Waals surface area contributed by atoms with Gasteiger partial charge in [-0.1, -0.05) is 32.4 Å². The van der Waals surface area contributed by atoms with Crippen LogP contribution >= 0.6 is 0 Å². The van der Waals surface area contributed by atoms with Crippen LogP contribution in [0.5, 0.6) is 0 Å². The summed E-state index contributed by atoms with van der Waals surface area (Å²) in [5, 5.41) is 0. The number of rotatable bonds is 5. The van der Waals surface area contributed by atoms with Gasteiger partial charge in [0.05, 0.1) is 6.61 Å². The third-order valence-electron chi connectivity index (χ3n) is 2.56. The summed E-state index contributed by atoms with van der Waals surface area (Å²) < 4.78 is 5.09. The van der Waals surface area contributed by atoms with Crippen LogP contribution in [-0.2, 0) is 9.53 Å². The lowest BCUT2D eigenvalue weighted by atomic mass is 10.1. The molecule has 0 fully saturated rings. The molecule has 0 unspecified atom stereocenters. The maximum atomic E-state index is 11.4. The van der Waals surface area contributed by atoms with Crippen LogP contribution in [0.1, 0.15) is 25.8 Å². The summed E-state index contributed by atoms with van der Waals surface area (Å²) >= 11 is 0. The molecule has 0 radical (unpaired) electrons. The lowest BCUT2D eigenvalue weighted by Crippen LogP contribution is -2.08. The standard InChI is InChI=1S/C14H19NO2/c1-3-11(2)10-17-14(16)9-6-12-4-7-13(15)8-5-12/h4-9,11H,3,10,15H2,1-2H3/b9-6+/t11-/m1/s1. The van der Waals surface area contributed by atoms with E-state index < -0.39 is 0 Å². The molecule has 0 aliphatic carbocycles. The number of esters is 1. The summed E-state index contributed by atoms with van der Waals surface area (Å²) in [6, 6.07) is 7.30. The molecule has 0 aromatic heterocycles. The number of nitrogen functional groups attached to an aromatic ring is 1. The lowest BCUT2D eigenvalue weighted by Gasteiger charge is -2.07. The molecule has 0 heterocycles. The van der Waals surface area contributed by atoms with E-state index in [2.05, 4.69) is 13.8 Å². The van der Waals surface area contributed by atoms with Crippen molar-refractivity contribution in [1.29, 1.82) is 0 Å². The van der Waals surface area contributed by atoms with Gasteiger partial charge in [-0.2, -0.15) is 0 Å². The first-order valence-corrected chi connectivity index (χ1v) is 5.82. The fraction of sp³-hybridized carbons (Fsp3) is 0.357. The van der Waals surface area contributed by atoms with Gasteiger partial charge in [-0.05, 0) is 29.7 Å². The molecule has 3 nitrogen and oxygen atoms in total. The number of hydrogen-bond donors (Lipinski definition) is 1. The molecule has 1 atom stereocenters.